The molecule has 0 amide bonds. The fourth-order valence-corrected chi connectivity index (χ4v) is 1.84. The van der Waals surface area contributed by atoms with Gasteiger partial charge in [-0.1, -0.05) is 19.9 Å². The van der Waals surface area contributed by atoms with E-state index in [1.165, 1.54) is 5.56 Å². The molecule has 0 unspecified atom stereocenters. The molecule has 1 rings (SSSR count). The molecule has 0 aliphatic rings. The molecule has 0 aliphatic heterocycles. The van der Waals surface area contributed by atoms with Gasteiger partial charge in [-0.3, -0.25) is 0 Å². The van der Waals surface area contributed by atoms with E-state index in [0.717, 1.165) is 37.4 Å². The molecule has 0 radical (unpaired) electrons. The van der Waals surface area contributed by atoms with Gasteiger partial charge in [0, 0.05) is 0 Å². The van der Waals surface area contributed by atoms with Crippen LogP contribution >= 0.6 is 0 Å². The molecule has 1 aromatic carbocycles. The molecule has 0 aliphatic carbocycles. The second-order valence-electron chi connectivity index (χ2n) is 4.89. The van der Waals surface area contributed by atoms with E-state index < -0.39 is 0 Å². The molecular weight excluding hydrogens is 226 g/mol. The monoisotopic (exact) mass is 251 g/mol. The zero-order valence-electron chi connectivity index (χ0n) is 12.0. The van der Waals surface area contributed by atoms with Crippen molar-refractivity contribution in [2.45, 2.75) is 26.7 Å². The first kappa shape index (κ1) is 14.8. The first-order chi connectivity index (χ1) is 8.67. The van der Waals surface area contributed by atoms with Crippen molar-refractivity contribution in [1.82, 2.24) is 5.32 Å². The molecule has 0 spiro atoms. The zero-order chi connectivity index (χ0) is 13.4. The van der Waals surface area contributed by atoms with Gasteiger partial charge < -0.3 is 14.8 Å². The molecular formula is C15H25NO2. The van der Waals surface area contributed by atoms with Crippen molar-refractivity contribution in [3.63, 3.8) is 0 Å². The van der Waals surface area contributed by atoms with Crippen molar-refractivity contribution in [1.29, 1.82) is 0 Å². The third-order valence-corrected chi connectivity index (χ3v) is 2.82. The van der Waals surface area contributed by atoms with Crippen LogP contribution in [0.1, 0.15) is 25.8 Å². The largest absolute Gasteiger partial charge is 0.493 e. The van der Waals surface area contributed by atoms with Crippen LogP contribution in [0.5, 0.6) is 11.5 Å². The Bertz CT molecular complexity index is 350. The van der Waals surface area contributed by atoms with Gasteiger partial charge >= 0.3 is 0 Å². The van der Waals surface area contributed by atoms with Gasteiger partial charge in [0.15, 0.2) is 11.5 Å². The van der Waals surface area contributed by atoms with Crippen LogP contribution in [0, 0.1) is 5.92 Å². The highest BCUT2D eigenvalue weighted by atomic mass is 16.5. The Morgan fingerprint density at radius 3 is 2.44 bits per heavy atom. The Labute approximate surface area is 110 Å². The lowest BCUT2D eigenvalue weighted by Crippen LogP contribution is -2.21. The first-order valence-corrected chi connectivity index (χ1v) is 6.59. The van der Waals surface area contributed by atoms with E-state index in [2.05, 4.69) is 31.3 Å². The van der Waals surface area contributed by atoms with Crippen molar-refractivity contribution < 1.29 is 9.47 Å². The van der Waals surface area contributed by atoms with Gasteiger partial charge in [-0.25, -0.2) is 0 Å². The third-order valence-electron chi connectivity index (χ3n) is 2.82. The highest BCUT2D eigenvalue weighted by Crippen LogP contribution is 2.27. The van der Waals surface area contributed by atoms with Crippen LogP contribution < -0.4 is 14.8 Å². The van der Waals surface area contributed by atoms with Gasteiger partial charge in [0.1, 0.15) is 0 Å². The van der Waals surface area contributed by atoms with Crippen molar-refractivity contribution in [2.24, 2.45) is 5.92 Å². The molecule has 0 bridgehead atoms. The van der Waals surface area contributed by atoms with Gasteiger partial charge in [0.05, 0.1) is 14.2 Å². The lowest BCUT2D eigenvalue weighted by Gasteiger charge is -2.10. The molecule has 102 valence electrons. The molecule has 0 fully saturated rings. The normalized spacial score (nSPS) is 10.7. The topological polar surface area (TPSA) is 30.5 Å². The lowest BCUT2D eigenvalue weighted by atomic mass is 10.1. The minimum absolute atomic E-state index is 0.714. The molecule has 0 heterocycles. The van der Waals surface area contributed by atoms with E-state index in [4.69, 9.17) is 9.47 Å². The smallest absolute Gasteiger partial charge is 0.160 e. The van der Waals surface area contributed by atoms with Gasteiger partial charge in [0.2, 0.25) is 0 Å². The summed E-state index contributed by atoms with van der Waals surface area (Å²) in [4.78, 5) is 0. The summed E-state index contributed by atoms with van der Waals surface area (Å²) < 4.78 is 10.5. The van der Waals surface area contributed by atoms with Crippen LogP contribution in [0.25, 0.3) is 0 Å². The number of methoxy groups -OCH3 is 2. The number of hydrogen-bond donors (Lipinski definition) is 1. The Hall–Kier alpha value is -1.22. The highest BCUT2D eigenvalue weighted by molar-refractivity contribution is 5.42. The van der Waals surface area contributed by atoms with E-state index in [1.807, 2.05) is 6.07 Å². The SMILES string of the molecule is COc1ccc(CCCNCC(C)C)cc1OC. The third kappa shape index (κ3) is 4.96. The van der Waals surface area contributed by atoms with E-state index in [-0.39, 0.29) is 0 Å². The number of rotatable bonds is 8. The summed E-state index contributed by atoms with van der Waals surface area (Å²) in [6, 6.07) is 6.13. The Balaban J connectivity index is 2.38. The van der Waals surface area contributed by atoms with Crippen LogP contribution in [0.4, 0.5) is 0 Å². The summed E-state index contributed by atoms with van der Waals surface area (Å²) in [5.41, 5.74) is 1.29. The summed E-state index contributed by atoms with van der Waals surface area (Å²) >= 11 is 0. The Morgan fingerprint density at radius 2 is 1.83 bits per heavy atom. The van der Waals surface area contributed by atoms with Gasteiger partial charge in [-0.05, 0) is 49.5 Å². The summed E-state index contributed by atoms with van der Waals surface area (Å²) in [7, 11) is 3.33. The van der Waals surface area contributed by atoms with Crippen LogP contribution in [-0.4, -0.2) is 27.3 Å². The average Bonchev–Trinajstić information content (AvgIpc) is 2.37. The summed E-state index contributed by atoms with van der Waals surface area (Å²) in [6.45, 7) is 6.60. The quantitative estimate of drug-likeness (QED) is 0.721. The van der Waals surface area contributed by atoms with E-state index in [9.17, 15) is 0 Å². The molecule has 18 heavy (non-hydrogen) atoms. The molecule has 1 aromatic rings. The van der Waals surface area contributed by atoms with Crippen molar-refractivity contribution >= 4 is 0 Å². The minimum Gasteiger partial charge on any atom is -0.493 e. The number of hydrogen-bond acceptors (Lipinski definition) is 3. The van der Waals surface area contributed by atoms with Crippen molar-refractivity contribution in [3.05, 3.63) is 23.8 Å². The fraction of sp³-hybridized carbons (Fsp3) is 0.600. The molecule has 3 heteroatoms. The molecule has 0 aromatic heterocycles. The summed E-state index contributed by atoms with van der Waals surface area (Å²) in [6.07, 6.45) is 2.20. The lowest BCUT2D eigenvalue weighted by molar-refractivity contribution is 0.354. The number of nitrogens with one attached hydrogen (secondary N) is 1. The minimum atomic E-state index is 0.714. The molecule has 3 nitrogen and oxygen atoms in total. The predicted octanol–water partition coefficient (Wildman–Crippen LogP) is 2.88. The molecule has 0 atom stereocenters. The molecule has 0 saturated carbocycles. The summed E-state index contributed by atoms with van der Waals surface area (Å²) in [5, 5.41) is 3.45. The maximum Gasteiger partial charge on any atom is 0.160 e. The maximum atomic E-state index is 5.30. The first-order valence-electron chi connectivity index (χ1n) is 6.59. The number of ether oxygens (including phenoxy) is 2. The number of aryl methyl sites for hydroxylation is 1. The number of benzene rings is 1. The van der Waals surface area contributed by atoms with Gasteiger partial charge in [0.25, 0.3) is 0 Å². The van der Waals surface area contributed by atoms with Crippen molar-refractivity contribution in [2.75, 3.05) is 27.3 Å². The van der Waals surface area contributed by atoms with Crippen LogP contribution in [0.2, 0.25) is 0 Å². The molecule has 1 N–H and O–H groups in total. The van der Waals surface area contributed by atoms with Gasteiger partial charge in [-0.15, -0.1) is 0 Å². The molecule has 0 saturated heterocycles. The van der Waals surface area contributed by atoms with Crippen molar-refractivity contribution in [3.8, 4) is 11.5 Å². The second kappa shape index (κ2) is 7.98. The van der Waals surface area contributed by atoms with E-state index >= 15 is 0 Å². The van der Waals surface area contributed by atoms with Crippen LogP contribution in [0.3, 0.4) is 0 Å². The standard InChI is InChI=1S/C15H25NO2/c1-12(2)11-16-9-5-6-13-7-8-14(17-3)15(10-13)18-4/h7-8,10,12,16H,5-6,9,11H2,1-4H3. The van der Waals surface area contributed by atoms with Crippen LogP contribution in [-0.2, 0) is 6.42 Å². The van der Waals surface area contributed by atoms with Gasteiger partial charge in [-0.2, -0.15) is 0 Å². The van der Waals surface area contributed by atoms with E-state index in [1.54, 1.807) is 14.2 Å². The fourth-order valence-electron chi connectivity index (χ4n) is 1.84. The predicted molar refractivity (Wildman–Crippen MR) is 75.6 cm³/mol. The maximum absolute atomic E-state index is 5.30. The summed E-state index contributed by atoms with van der Waals surface area (Å²) in [5.74, 6) is 2.32. The average molecular weight is 251 g/mol. The highest BCUT2D eigenvalue weighted by Gasteiger charge is 2.04. The second-order valence-corrected chi connectivity index (χ2v) is 4.89. The Kier molecular flexibility index (Phi) is 6.58. The van der Waals surface area contributed by atoms with E-state index in [0.29, 0.717) is 5.92 Å². The Morgan fingerprint density at radius 1 is 1.11 bits per heavy atom. The van der Waals surface area contributed by atoms with Crippen LogP contribution in [0.15, 0.2) is 18.2 Å². The zero-order valence-corrected chi connectivity index (χ0v) is 12.0.